The maximum atomic E-state index is 14.0. The lowest BCUT2D eigenvalue weighted by atomic mass is 9.69. The molecule has 0 heterocycles. The minimum absolute atomic E-state index is 0. The molecule has 200 valence electrons. The van der Waals surface area contributed by atoms with E-state index in [9.17, 15) is 18.6 Å². The van der Waals surface area contributed by atoms with Crippen molar-refractivity contribution in [2.24, 2.45) is 5.92 Å². The highest BCUT2D eigenvalue weighted by molar-refractivity contribution is 7.89. The molecular weight excluding hydrogens is 531 g/mol. The van der Waals surface area contributed by atoms with Gasteiger partial charge in [0.1, 0.15) is 5.75 Å². The van der Waals surface area contributed by atoms with Crippen molar-refractivity contribution in [1.82, 2.24) is 9.21 Å². The molecule has 9 heteroatoms. The molecule has 0 amide bonds. The first kappa shape index (κ1) is 29.4. The Labute approximate surface area is 231 Å². The highest BCUT2D eigenvalue weighted by Gasteiger charge is 2.47. The Kier molecular flexibility index (Phi) is 9.67. The van der Waals surface area contributed by atoms with Crippen LogP contribution in [0.2, 0.25) is 5.02 Å². The van der Waals surface area contributed by atoms with Gasteiger partial charge in [0.15, 0.2) is 0 Å². The number of halogens is 2. The quantitative estimate of drug-likeness (QED) is 0.389. The number of aliphatic hydroxyl groups is 1. The highest BCUT2D eigenvalue weighted by Crippen LogP contribution is 2.45. The third-order valence-corrected chi connectivity index (χ3v) is 9.14. The molecule has 3 unspecified atom stereocenters. The first-order chi connectivity index (χ1) is 17.1. The van der Waals surface area contributed by atoms with Crippen molar-refractivity contribution in [2.45, 2.75) is 42.3 Å². The van der Waals surface area contributed by atoms with Crippen molar-refractivity contribution in [3.63, 3.8) is 0 Å². The van der Waals surface area contributed by atoms with Crippen LogP contribution in [-0.2, 0) is 22.2 Å². The van der Waals surface area contributed by atoms with Gasteiger partial charge in [0.2, 0.25) is 10.0 Å². The molecule has 0 spiro atoms. The molecule has 1 aliphatic rings. The summed E-state index contributed by atoms with van der Waals surface area (Å²) in [7, 11) is 0.0146. The fraction of sp³-hybridized carbons (Fsp3) is 0.357. The second-order valence-electron chi connectivity index (χ2n) is 9.86. The van der Waals surface area contributed by atoms with Crippen LogP contribution < -0.4 is 0 Å². The number of phenolic OH excluding ortho intramolecular Hbond substituents is 1. The number of hydrogen-bond acceptors (Lipinski definition) is 5. The maximum Gasteiger partial charge on any atom is 0.243 e. The Bertz CT molecular complexity index is 1290. The number of phenols is 1. The molecule has 3 atom stereocenters. The molecule has 1 fully saturated rings. The fourth-order valence-corrected chi connectivity index (χ4v) is 7.21. The second kappa shape index (κ2) is 12.2. The van der Waals surface area contributed by atoms with Gasteiger partial charge < -0.3 is 15.1 Å². The van der Waals surface area contributed by atoms with E-state index in [1.165, 1.54) is 6.07 Å². The summed E-state index contributed by atoms with van der Waals surface area (Å²) in [4.78, 5) is 2.16. The number of sulfonamides is 1. The average molecular weight is 566 g/mol. The normalized spacial score (nSPS) is 22.1. The van der Waals surface area contributed by atoms with Crippen LogP contribution in [0.1, 0.15) is 30.4 Å². The van der Waals surface area contributed by atoms with Crippen LogP contribution in [0.5, 0.6) is 5.75 Å². The van der Waals surface area contributed by atoms with Gasteiger partial charge >= 0.3 is 0 Å². The van der Waals surface area contributed by atoms with Gasteiger partial charge in [-0.2, -0.15) is 4.31 Å². The van der Waals surface area contributed by atoms with Crippen molar-refractivity contribution in [3.05, 3.63) is 95.0 Å². The van der Waals surface area contributed by atoms with Gasteiger partial charge in [0, 0.05) is 30.1 Å². The van der Waals surface area contributed by atoms with Crippen LogP contribution >= 0.6 is 24.0 Å². The Morgan fingerprint density at radius 1 is 1.00 bits per heavy atom. The van der Waals surface area contributed by atoms with E-state index in [1.54, 1.807) is 40.7 Å². The van der Waals surface area contributed by atoms with Crippen LogP contribution in [0.4, 0.5) is 0 Å². The summed E-state index contributed by atoms with van der Waals surface area (Å²) in [5.74, 6) is -0.151. The van der Waals surface area contributed by atoms with E-state index in [1.807, 2.05) is 55.4 Å². The van der Waals surface area contributed by atoms with Crippen molar-refractivity contribution in [3.8, 4) is 5.75 Å². The maximum absolute atomic E-state index is 14.0. The summed E-state index contributed by atoms with van der Waals surface area (Å²) < 4.78 is 29.5. The molecule has 0 saturated heterocycles. The summed E-state index contributed by atoms with van der Waals surface area (Å²) in [6.07, 6.45) is 1.32. The topological polar surface area (TPSA) is 81.1 Å². The van der Waals surface area contributed by atoms with Gasteiger partial charge in [-0.15, -0.1) is 12.4 Å². The van der Waals surface area contributed by atoms with E-state index in [-0.39, 0.29) is 41.6 Å². The molecule has 0 bridgehead atoms. The number of hydrogen-bond donors (Lipinski definition) is 2. The average Bonchev–Trinajstić information content (AvgIpc) is 2.84. The Morgan fingerprint density at radius 2 is 1.70 bits per heavy atom. The predicted molar refractivity (Wildman–Crippen MR) is 150 cm³/mol. The smallest absolute Gasteiger partial charge is 0.243 e. The molecular formula is C28H34Cl2N2O4S. The zero-order valence-electron chi connectivity index (χ0n) is 21.0. The lowest BCUT2D eigenvalue weighted by Gasteiger charge is -2.47. The first-order valence-electron chi connectivity index (χ1n) is 12.1. The van der Waals surface area contributed by atoms with Gasteiger partial charge in [-0.1, -0.05) is 60.1 Å². The molecule has 3 aromatic rings. The summed E-state index contributed by atoms with van der Waals surface area (Å²) in [5.41, 5.74) is 0.360. The molecule has 3 aromatic carbocycles. The van der Waals surface area contributed by atoms with E-state index >= 15 is 0 Å². The molecule has 0 aliphatic heterocycles. The summed E-state index contributed by atoms with van der Waals surface area (Å²) >= 11 is 6.16. The summed E-state index contributed by atoms with van der Waals surface area (Å²) in [6.45, 7) is 0.790. The molecule has 2 N–H and O–H groups in total. The number of nitrogens with zero attached hydrogens (tertiary/aromatic N) is 2. The number of rotatable bonds is 8. The Balaban J connectivity index is 0.00000380. The Morgan fingerprint density at radius 3 is 2.35 bits per heavy atom. The van der Waals surface area contributed by atoms with Gasteiger partial charge in [0.25, 0.3) is 0 Å². The van der Waals surface area contributed by atoms with Crippen LogP contribution in [0.3, 0.4) is 0 Å². The first-order valence-corrected chi connectivity index (χ1v) is 13.9. The van der Waals surface area contributed by atoms with Gasteiger partial charge in [-0.3, -0.25) is 0 Å². The minimum atomic E-state index is -3.87. The summed E-state index contributed by atoms with van der Waals surface area (Å²) in [5, 5.41) is 22.3. The van der Waals surface area contributed by atoms with Crippen molar-refractivity contribution < 1.29 is 18.6 Å². The van der Waals surface area contributed by atoms with Crippen molar-refractivity contribution >= 4 is 34.0 Å². The van der Waals surface area contributed by atoms with Crippen molar-refractivity contribution in [2.75, 3.05) is 20.6 Å². The van der Waals surface area contributed by atoms with Gasteiger partial charge in [-0.25, -0.2) is 8.42 Å². The lowest BCUT2D eigenvalue weighted by Crippen LogP contribution is -2.51. The zero-order chi connectivity index (χ0) is 25.9. The van der Waals surface area contributed by atoms with Crippen LogP contribution in [0, 0.1) is 5.92 Å². The highest BCUT2D eigenvalue weighted by atomic mass is 35.5. The van der Waals surface area contributed by atoms with Gasteiger partial charge in [-0.05, 0) is 74.8 Å². The van der Waals surface area contributed by atoms with E-state index in [2.05, 4.69) is 0 Å². The molecule has 4 rings (SSSR count). The number of benzene rings is 3. The van der Waals surface area contributed by atoms with Crippen LogP contribution in [-0.4, -0.2) is 54.5 Å². The third kappa shape index (κ3) is 6.66. The van der Waals surface area contributed by atoms with E-state index in [0.717, 1.165) is 5.56 Å². The second-order valence-corrected chi connectivity index (χ2v) is 12.2. The summed E-state index contributed by atoms with van der Waals surface area (Å²) in [6, 6.07) is 22.3. The molecule has 0 aromatic heterocycles. The monoisotopic (exact) mass is 564 g/mol. The van der Waals surface area contributed by atoms with E-state index in [0.29, 0.717) is 36.4 Å². The number of aromatic hydroxyl groups is 1. The minimum Gasteiger partial charge on any atom is -0.508 e. The largest absolute Gasteiger partial charge is 0.508 e. The molecule has 6 nitrogen and oxygen atoms in total. The standard InChI is InChI=1S/C28H33ClN2O4S.ClH/c1-30(2)20-23-16-25(14-15-28(23,33)22-10-6-12-26(32)17-22)31(19-21-8-4-3-5-9-21)36(34,35)27-13-7-11-24(29)18-27;/h3-13,17-18,23,25,32-33H,14-16,19-20H2,1-2H3;1H. The lowest BCUT2D eigenvalue weighted by molar-refractivity contribution is -0.0763. The predicted octanol–water partition coefficient (Wildman–Crippen LogP) is 5.28. The van der Waals surface area contributed by atoms with Crippen LogP contribution in [0.15, 0.2) is 83.8 Å². The zero-order valence-corrected chi connectivity index (χ0v) is 23.4. The van der Waals surface area contributed by atoms with Crippen LogP contribution in [0.25, 0.3) is 0 Å². The molecule has 1 saturated carbocycles. The molecule has 0 radical (unpaired) electrons. The van der Waals surface area contributed by atoms with E-state index in [4.69, 9.17) is 11.6 Å². The van der Waals surface area contributed by atoms with Gasteiger partial charge in [0.05, 0.1) is 10.5 Å². The van der Waals surface area contributed by atoms with E-state index < -0.39 is 15.6 Å². The SMILES string of the molecule is CN(C)CC1CC(N(Cc2ccccc2)S(=O)(=O)c2cccc(Cl)c2)CCC1(O)c1cccc(O)c1.Cl. The third-order valence-electron chi connectivity index (χ3n) is 7.01. The fourth-order valence-electron chi connectivity index (χ4n) is 5.25. The molecule has 1 aliphatic carbocycles. The molecule has 37 heavy (non-hydrogen) atoms. The van der Waals surface area contributed by atoms with Crippen molar-refractivity contribution in [1.29, 1.82) is 0 Å². The Hall–Kier alpha value is -2.13.